The summed E-state index contributed by atoms with van der Waals surface area (Å²) in [6, 6.07) is 9.96. The molecule has 0 atom stereocenters. The van der Waals surface area contributed by atoms with Gasteiger partial charge in [0, 0.05) is 18.5 Å². The first-order chi connectivity index (χ1) is 9.61. The van der Waals surface area contributed by atoms with Gasteiger partial charge in [0.1, 0.15) is 10.8 Å². The first-order valence-electron chi connectivity index (χ1n) is 6.74. The van der Waals surface area contributed by atoms with Crippen LogP contribution in [0.5, 0.6) is 0 Å². The number of likely N-dealkylation sites (N-methyl/N-ethyl adjacent to an activating group) is 1. The Balaban J connectivity index is 2.25. The van der Waals surface area contributed by atoms with Gasteiger partial charge in [-0.05, 0) is 25.7 Å². The van der Waals surface area contributed by atoms with E-state index in [4.69, 9.17) is 18.0 Å². The van der Waals surface area contributed by atoms with E-state index in [0.717, 1.165) is 41.9 Å². The molecule has 0 saturated heterocycles. The van der Waals surface area contributed by atoms with Crippen molar-refractivity contribution in [2.24, 2.45) is 5.73 Å². The van der Waals surface area contributed by atoms with E-state index in [1.807, 2.05) is 30.3 Å². The highest BCUT2D eigenvalue weighted by Gasteiger charge is 2.09. The van der Waals surface area contributed by atoms with Crippen molar-refractivity contribution in [1.29, 1.82) is 0 Å². The molecule has 0 aliphatic rings. The Hall–Kier alpha value is -1.72. The van der Waals surface area contributed by atoms with Gasteiger partial charge in [0.15, 0.2) is 0 Å². The highest BCUT2D eigenvalue weighted by Crippen LogP contribution is 2.20. The molecular formula is C15H20N4S. The summed E-state index contributed by atoms with van der Waals surface area (Å²) in [7, 11) is 2.09. The van der Waals surface area contributed by atoms with Crippen molar-refractivity contribution in [3.8, 4) is 0 Å². The highest BCUT2D eigenvalue weighted by atomic mass is 32.1. The van der Waals surface area contributed by atoms with Crippen molar-refractivity contribution in [2.75, 3.05) is 32.0 Å². The van der Waals surface area contributed by atoms with Crippen LogP contribution in [0.1, 0.15) is 12.5 Å². The maximum absolute atomic E-state index is 5.80. The van der Waals surface area contributed by atoms with Gasteiger partial charge in [-0.15, -0.1) is 0 Å². The summed E-state index contributed by atoms with van der Waals surface area (Å²) in [6.07, 6.45) is 0. The van der Waals surface area contributed by atoms with E-state index >= 15 is 0 Å². The predicted molar refractivity (Wildman–Crippen MR) is 89.3 cm³/mol. The van der Waals surface area contributed by atoms with Crippen molar-refractivity contribution < 1.29 is 0 Å². The lowest BCUT2D eigenvalue weighted by Gasteiger charge is -2.16. The molecule has 2 aromatic rings. The number of hydrogen-bond donors (Lipinski definition) is 2. The molecule has 1 aromatic heterocycles. The van der Waals surface area contributed by atoms with Gasteiger partial charge in [0.25, 0.3) is 0 Å². The molecule has 1 heterocycles. The zero-order chi connectivity index (χ0) is 14.5. The fourth-order valence-electron chi connectivity index (χ4n) is 1.96. The SMILES string of the molecule is CCN(C)CCNc1nc2ccccc2cc1C(N)=S. The molecule has 0 unspecified atom stereocenters. The number of nitrogens with two attached hydrogens (primary N) is 1. The number of fused-ring (bicyclic) bond motifs is 1. The van der Waals surface area contributed by atoms with Gasteiger partial charge in [-0.1, -0.05) is 37.3 Å². The van der Waals surface area contributed by atoms with Crippen molar-refractivity contribution in [3.05, 3.63) is 35.9 Å². The molecule has 5 heteroatoms. The minimum Gasteiger partial charge on any atom is -0.389 e. The molecule has 2 rings (SSSR count). The smallest absolute Gasteiger partial charge is 0.137 e. The van der Waals surface area contributed by atoms with Crippen LogP contribution in [-0.4, -0.2) is 41.6 Å². The molecule has 1 aromatic carbocycles. The van der Waals surface area contributed by atoms with Crippen LogP contribution >= 0.6 is 12.2 Å². The summed E-state index contributed by atoms with van der Waals surface area (Å²) >= 11 is 5.12. The Morgan fingerprint density at radius 2 is 2.15 bits per heavy atom. The van der Waals surface area contributed by atoms with Crippen LogP contribution in [0.2, 0.25) is 0 Å². The van der Waals surface area contributed by atoms with Gasteiger partial charge in [-0.25, -0.2) is 4.98 Å². The third kappa shape index (κ3) is 3.43. The van der Waals surface area contributed by atoms with E-state index in [2.05, 4.69) is 29.2 Å². The third-order valence-corrected chi connectivity index (χ3v) is 3.54. The Kier molecular flexibility index (Phi) is 4.87. The summed E-state index contributed by atoms with van der Waals surface area (Å²) in [6.45, 7) is 4.91. The van der Waals surface area contributed by atoms with Crippen LogP contribution in [0, 0.1) is 0 Å². The average Bonchev–Trinajstić information content (AvgIpc) is 2.46. The standard InChI is InChI=1S/C15H20N4S/c1-3-19(2)9-8-17-15-12(14(16)20)10-11-6-4-5-7-13(11)18-15/h4-7,10H,3,8-9H2,1-2H3,(H2,16,20)(H,17,18). The summed E-state index contributed by atoms with van der Waals surface area (Å²) in [5, 5.41) is 4.38. The minimum atomic E-state index is 0.370. The van der Waals surface area contributed by atoms with Crippen molar-refractivity contribution in [1.82, 2.24) is 9.88 Å². The molecule has 20 heavy (non-hydrogen) atoms. The number of hydrogen-bond acceptors (Lipinski definition) is 4. The number of thiocarbonyl (C=S) groups is 1. The largest absolute Gasteiger partial charge is 0.389 e. The van der Waals surface area contributed by atoms with Gasteiger partial charge in [-0.2, -0.15) is 0 Å². The molecule has 4 nitrogen and oxygen atoms in total. The normalized spacial score (nSPS) is 10.9. The van der Waals surface area contributed by atoms with E-state index < -0.39 is 0 Å². The molecule has 0 aliphatic heterocycles. The second-order valence-corrected chi connectivity index (χ2v) is 5.20. The Morgan fingerprint density at radius 3 is 2.85 bits per heavy atom. The van der Waals surface area contributed by atoms with Crippen LogP contribution < -0.4 is 11.1 Å². The maximum Gasteiger partial charge on any atom is 0.137 e. The number of nitrogens with zero attached hydrogens (tertiary/aromatic N) is 2. The first-order valence-corrected chi connectivity index (χ1v) is 7.14. The van der Waals surface area contributed by atoms with Crippen molar-refractivity contribution in [2.45, 2.75) is 6.92 Å². The van der Waals surface area contributed by atoms with Crippen LogP contribution in [0.4, 0.5) is 5.82 Å². The summed E-state index contributed by atoms with van der Waals surface area (Å²) in [5.74, 6) is 0.765. The molecule has 0 spiro atoms. The molecule has 0 saturated carbocycles. The van der Waals surface area contributed by atoms with Crippen molar-refractivity contribution >= 4 is 33.9 Å². The number of benzene rings is 1. The second kappa shape index (κ2) is 6.63. The number of para-hydroxylation sites is 1. The van der Waals surface area contributed by atoms with Gasteiger partial charge in [-0.3, -0.25) is 0 Å². The van der Waals surface area contributed by atoms with Gasteiger partial charge < -0.3 is 16.0 Å². The fraction of sp³-hybridized carbons (Fsp3) is 0.333. The zero-order valence-electron chi connectivity index (χ0n) is 11.9. The van der Waals surface area contributed by atoms with Crippen LogP contribution in [0.25, 0.3) is 10.9 Å². The molecular weight excluding hydrogens is 268 g/mol. The number of aromatic nitrogens is 1. The molecule has 0 aliphatic carbocycles. The summed E-state index contributed by atoms with van der Waals surface area (Å²) < 4.78 is 0. The molecule has 106 valence electrons. The second-order valence-electron chi connectivity index (χ2n) is 4.76. The first kappa shape index (κ1) is 14.7. The number of pyridine rings is 1. The van der Waals surface area contributed by atoms with Crippen molar-refractivity contribution in [3.63, 3.8) is 0 Å². The zero-order valence-corrected chi connectivity index (χ0v) is 12.7. The fourth-order valence-corrected chi connectivity index (χ4v) is 2.12. The lowest BCUT2D eigenvalue weighted by atomic mass is 10.1. The molecule has 0 fully saturated rings. The lowest BCUT2D eigenvalue weighted by molar-refractivity contribution is 0.367. The van der Waals surface area contributed by atoms with Gasteiger partial charge >= 0.3 is 0 Å². The molecule has 3 N–H and O–H groups in total. The monoisotopic (exact) mass is 288 g/mol. The van der Waals surface area contributed by atoms with Gasteiger partial charge in [0.05, 0.1) is 11.1 Å². The van der Waals surface area contributed by atoms with Crippen LogP contribution in [0.15, 0.2) is 30.3 Å². The quantitative estimate of drug-likeness (QED) is 0.798. The minimum absolute atomic E-state index is 0.370. The Morgan fingerprint density at radius 1 is 1.40 bits per heavy atom. The summed E-state index contributed by atoms with van der Waals surface area (Å²) in [4.78, 5) is 7.22. The molecule has 0 amide bonds. The van der Waals surface area contributed by atoms with E-state index in [9.17, 15) is 0 Å². The average molecular weight is 288 g/mol. The number of anilines is 1. The summed E-state index contributed by atoms with van der Waals surface area (Å²) in [5.41, 5.74) is 7.55. The van der Waals surface area contributed by atoms with Gasteiger partial charge in [0.2, 0.25) is 0 Å². The Labute approximate surface area is 125 Å². The highest BCUT2D eigenvalue weighted by molar-refractivity contribution is 7.80. The van der Waals surface area contributed by atoms with Crippen LogP contribution in [-0.2, 0) is 0 Å². The van der Waals surface area contributed by atoms with E-state index in [0.29, 0.717) is 4.99 Å². The van der Waals surface area contributed by atoms with E-state index in [1.165, 1.54) is 0 Å². The lowest BCUT2D eigenvalue weighted by Crippen LogP contribution is -2.25. The number of nitrogens with one attached hydrogen (secondary N) is 1. The topological polar surface area (TPSA) is 54.2 Å². The van der Waals surface area contributed by atoms with E-state index in [-0.39, 0.29) is 0 Å². The van der Waals surface area contributed by atoms with E-state index in [1.54, 1.807) is 0 Å². The Bertz CT molecular complexity index is 612. The maximum atomic E-state index is 5.80. The molecule has 0 bridgehead atoms. The molecule has 0 radical (unpaired) electrons. The number of rotatable bonds is 6. The predicted octanol–water partition coefficient (Wildman–Crippen LogP) is 2.23. The van der Waals surface area contributed by atoms with Crippen LogP contribution in [0.3, 0.4) is 0 Å². The third-order valence-electron chi connectivity index (χ3n) is 3.32.